The molecule has 0 saturated heterocycles. The number of nitrogens with zero attached hydrogens (tertiary/aromatic N) is 2. The molecule has 0 radical (unpaired) electrons. The molecule has 0 bridgehead atoms. The molecule has 3 aromatic rings. The molecule has 144 valence electrons. The molecule has 2 heterocycles. The molecular formula is C20H18FN3O3S. The highest BCUT2D eigenvalue weighted by atomic mass is 32.2. The van der Waals surface area contributed by atoms with Crippen molar-refractivity contribution in [1.82, 2.24) is 4.98 Å². The zero-order chi connectivity index (χ0) is 20.1. The highest BCUT2D eigenvalue weighted by Gasteiger charge is 2.34. The van der Waals surface area contributed by atoms with Gasteiger partial charge >= 0.3 is 0 Å². The number of carbonyl (C=O) groups is 1. The fraction of sp³-hybridized carbons (Fsp3) is 0.200. The Morgan fingerprint density at radius 3 is 2.71 bits per heavy atom. The van der Waals surface area contributed by atoms with Crippen molar-refractivity contribution in [3.63, 3.8) is 0 Å². The Hall–Kier alpha value is -3.00. The van der Waals surface area contributed by atoms with Gasteiger partial charge in [-0.05, 0) is 42.3 Å². The maximum atomic E-state index is 14.1. The summed E-state index contributed by atoms with van der Waals surface area (Å²) in [5.41, 5.74) is 7.54. The van der Waals surface area contributed by atoms with Crippen molar-refractivity contribution in [3.05, 3.63) is 59.4 Å². The molecule has 0 atom stereocenters. The lowest BCUT2D eigenvalue weighted by atomic mass is 10.1. The van der Waals surface area contributed by atoms with Gasteiger partial charge in [-0.25, -0.2) is 17.8 Å². The molecule has 6 nitrogen and oxygen atoms in total. The summed E-state index contributed by atoms with van der Waals surface area (Å²) in [6.45, 7) is 1.49. The van der Waals surface area contributed by atoms with Crippen LogP contribution >= 0.6 is 0 Å². The lowest BCUT2D eigenvalue weighted by Crippen LogP contribution is -2.29. The monoisotopic (exact) mass is 399 g/mol. The molecule has 4 rings (SSSR count). The summed E-state index contributed by atoms with van der Waals surface area (Å²) in [6, 6.07) is 11.6. The number of hydrogen-bond donors (Lipinski definition) is 1. The molecule has 2 aromatic carbocycles. The average molecular weight is 399 g/mol. The number of hydrogen-bond acceptors (Lipinski definition) is 5. The number of nitrogens with two attached hydrogens (primary N) is 1. The highest BCUT2D eigenvalue weighted by molar-refractivity contribution is 7.91. The van der Waals surface area contributed by atoms with Gasteiger partial charge in [-0.1, -0.05) is 12.1 Å². The van der Waals surface area contributed by atoms with Crippen molar-refractivity contribution in [3.8, 4) is 0 Å². The van der Waals surface area contributed by atoms with Gasteiger partial charge in [-0.2, -0.15) is 0 Å². The number of anilines is 2. The molecule has 0 aliphatic carbocycles. The average Bonchev–Trinajstić information content (AvgIpc) is 2.96. The second-order valence-corrected chi connectivity index (χ2v) is 8.86. The lowest BCUT2D eigenvalue weighted by molar-refractivity contribution is -0.116. The summed E-state index contributed by atoms with van der Waals surface area (Å²) in [5, 5.41) is 0.901. The quantitative estimate of drug-likeness (QED) is 0.731. The van der Waals surface area contributed by atoms with E-state index in [4.69, 9.17) is 5.73 Å². The van der Waals surface area contributed by atoms with E-state index in [2.05, 4.69) is 4.98 Å². The summed E-state index contributed by atoms with van der Waals surface area (Å²) < 4.78 is 39.1. The van der Waals surface area contributed by atoms with Gasteiger partial charge in [0.05, 0.1) is 28.4 Å². The van der Waals surface area contributed by atoms with E-state index in [1.165, 1.54) is 24.0 Å². The van der Waals surface area contributed by atoms with E-state index in [0.717, 1.165) is 10.9 Å². The van der Waals surface area contributed by atoms with Gasteiger partial charge in [-0.15, -0.1) is 0 Å². The zero-order valence-corrected chi connectivity index (χ0v) is 16.0. The van der Waals surface area contributed by atoms with Crippen LogP contribution in [0, 0.1) is 5.82 Å². The third-order valence-electron chi connectivity index (χ3n) is 4.90. The zero-order valence-electron chi connectivity index (χ0n) is 15.1. The van der Waals surface area contributed by atoms with Crippen LogP contribution in [0.15, 0.2) is 47.4 Å². The van der Waals surface area contributed by atoms with Gasteiger partial charge < -0.3 is 10.6 Å². The van der Waals surface area contributed by atoms with Crippen LogP contribution in [0.2, 0.25) is 0 Å². The first-order valence-electron chi connectivity index (χ1n) is 8.74. The number of nitrogen functional groups attached to an aromatic ring is 1. The highest BCUT2D eigenvalue weighted by Crippen LogP contribution is 2.37. The van der Waals surface area contributed by atoms with Gasteiger partial charge in [-0.3, -0.25) is 4.79 Å². The van der Waals surface area contributed by atoms with E-state index in [9.17, 15) is 17.6 Å². The van der Waals surface area contributed by atoms with Gasteiger partial charge in [0.25, 0.3) is 0 Å². The Balaban J connectivity index is 1.80. The molecule has 0 spiro atoms. The summed E-state index contributed by atoms with van der Waals surface area (Å²) in [7, 11) is -3.63. The van der Waals surface area contributed by atoms with Crippen molar-refractivity contribution >= 4 is 38.2 Å². The smallest absolute Gasteiger partial charge is 0.224 e. The Labute approximate surface area is 161 Å². The van der Waals surface area contributed by atoms with Crippen molar-refractivity contribution in [1.29, 1.82) is 0 Å². The first-order chi connectivity index (χ1) is 13.3. The second-order valence-electron chi connectivity index (χ2n) is 6.81. The standard InChI is InChI=1S/C20H18FN3O3S/c1-12(25)24(11-13-2-3-14-4-7-19(22)23-17(14)10-13)18-6-5-16(21)15-8-9-28(26,27)20(15)18/h2-7,10H,8-9,11H2,1H3,(H2,22,23). The van der Waals surface area contributed by atoms with Gasteiger partial charge in [0.1, 0.15) is 11.6 Å². The minimum absolute atomic E-state index is 0.0779. The number of carbonyl (C=O) groups excluding carboxylic acids is 1. The SMILES string of the molecule is CC(=O)N(Cc1ccc2ccc(N)nc2c1)c1ccc(F)c2c1S(=O)(=O)CC2. The number of rotatable bonds is 3. The summed E-state index contributed by atoms with van der Waals surface area (Å²) in [6.07, 6.45) is 0.113. The number of halogens is 1. The second kappa shape index (κ2) is 6.56. The van der Waals surface area contributed by atoms with Crippen molar-refractivity contribution in [2.75, 3.05) is 16.4 Å². The molecule has 0 unspecified atom stereocenters. The van der Waals surface area contributed by atoms with Crippen molar-refractivity contribution < 1.29 is 17.6 Å². The van der Waals surface area contributed by atoms with Gasteiger partial charge in [0.2, 0.25) is 5.91 Å². The largest absolute Gasteiger partial charge is 0.384 e. The van der Waals surface area contributed by atoms with Crippen LogP contribution in [0.1, 0.15) is 18.1 Å². The van der Waals surface area contributed by atoms with Crippen LogP contribution < -0.4 is 10.6 Å². The maximum absolute atomic E-state index is 14.1. The first kappa shape index (κ1) is 18.4. The van der Waals surface area contributed by atoms with Crippen LogP contribution in [0.4, 0.5) is 15.9 Å². The summed E-state index contributed by atoms with van der Waals surface area (Å²) >= 11 is 0. The molecule has 2 N–H and O–H groups in total. The molecule has 1 aliphatic rings. The Kier molecular flexibility index (Phi) is 4.30. The lowest BCUT2D eigenvalue weighted by Gasteiger charge is -2.24. The molecule has 8 heteroatoms. The van der Waals surface area contributed by atoms with Crippen molar-refractivity contribution in [2.24, 2.45) is 0 Å². The number of amides is 1. The fourth-order valence-corrected chi connectivity index (χ4v) is 5.30. The molecular weight excluding hydrogens is 381 g/mol. The minimum atomic E-state index is -3.63. The van der Waals surface area contributed by atoms with Crippen LogP contribution in [0.5, 0.6) is 0 Å². The number of sulfone groups is 1. The van der Waals surface area contributed by atoms with E-state index < -0.39 is 15.7 Å². The maximum Gasteiger partial charge on any atom is 0.224 e. The number of aromatic nitrogens is 1. The number of fused-ring (bicyclic) bond motifs is 2. The normalized spacial score (nSPS) is 14.8. The van der Waals surface area contributed by atoms with E-state index in [0.29, 0.717) is 11.3 Å². The predicted molar refractivity (Wildman–Crippen MR) is 105 cm³/mol. The van der Waals surface area contributed by atoms with Gasteiger partial charge in [0, 0.05) is 17.9 Å². The third-order valence-corrected chi connectivity index (χ3v) is 6.72. The van der Waals surface area contributed by atoms with E-state index >= 15 is 0 Å². The fourth-order valence-electron chi connectivity index (χ4n) is 3.55. The number of pyridine rings is 1. The Bertz CT molecular complexity index is 1220. The van der Waals surface area contributed by atoms with Crippen LogP contribution in [-0.2, 0) is 27.6 Å². The Morgan fingerprint density at radius 1 is 1.21 bits per heavy atom. The van der Waals surface area contributed by atoms with Crippen LogP contribution in [-0.4, -0.2) is 25.1 Å². The Morgan fingerprint density at radius 2 is 1.96 bits per heavy atom. The molecule has 0 fully saturated rings. The molecule has 1 amide bonds. The van der Waals surface area contributed by atoms with Crippen molar-refractivity contribution in [2.45, 2.75) is 24.8 Å². The number of benzene rings is 2. The van der Waals surface area contributed by atoms with E-state index in [-0.39, 0.29) is 40.8 Å². The first-order valence-corrected chi connectivity index (χ1v) is 10.4. The third kappa shape index (κ3) is 3.09. The van der Waals surface area contributed by atoms with Crippen LogP contribution in [0.3, 0.4) is 0 Å². The molecule has 1 aromatic heterocycles. The molecule has 0 saturated carbocycles. The summed E-state index contributed by atoms with van der Waals surface area (Å²) in [5.74, 6) is -0.665. The van der Waals surface area contributed by atoms with E-state index in [1.807, 2.05) is 18.2 Å². The molecule has 28 heavy (non-hydrogen) atoms. The topological polar surface area (TPSA) is 93.4 Å². The predicted octanol–water partition coefficient (Wildman–Crippen LogP) is 2.84. The minimum Gasteiger partial charge on any atom is -0.384 e. The van der Waals surface area contributed by atoms with E-state index in [1.54, 1.807) is 12.1 Å². The van der Waals surface area contributed by atoms with Crippen LogP contribution in [0.25, 0.3) is 10.9 Å². The molecule has 1 aliphatic heterocycles. The summed E-state index contributed by atoms with van der Waals surface area (Å²) in [4.78, 5) is 17.9. The van der Waals surface area contributed by atoms with Gasteiger partial charge in [0.15, 0.2) is 9.84 Å².